The molecule has 6 nitrogen and oxygen atoms in total. The predicted octanol–water partition coefficient (Wildman–Crippen LogP) is 3.46. The van der Waals surface area contributed by atoms with E-state index in [9.17, 15) is 4.79 Å². The lowest BCUT2D eigenvalue weighted by molar-refractivity contribution is -0.118. The highest BCUT2D eigenvalue weighted by Gasteiger charge is 2.14. The van der Waals surface area contributed by atoms with Crippen LogP contribution in [0.2, 0.25) is 0 Å². The van der Waals surface area contributed by atoms with Crippen molar-refractivity contribution in [3.8, 4) is 17.2 Å². The number of benzene rings is 2. The van der Waals surface area contributed by atoms with Gasteiger partial charge in [0, 0.05) is 6.54 Å². The van der Waals surface area contributed by atoms with Crippen LogP contribution in [0.1, 0.15) is 11.1 Å². The lowest BCUT2D eigenvalue weighted by atomic mass is 10.1. The summed E-state index contributed by atoms with van der Waals surface area (Å²) in [6, 6.07) is 15.4. The number of aryl methyl sites for hydroxylation is 1. The van der Waals surface area contributed by atoms with Gasteiger partial charge in [0.1, 0.15) is 5.75 Å². The van der Waals surface area contributed by atoms with Crippen LogP contribution in [0, 0.1) is 6.92 Å². The van der Waals surface area contributed by atoms with Crippen LogP contribution in [0.4, 0.5) is 0 Å². The van der Waals surface area contributed by atoms with E-state index in [2.05, 4.69) is 15.5 Å². The highest BCUT2D eigenvalue weighted by molar-refractivity contribution is 7.99. The molecule has 26 heavy (non-hydrogen) atoms. The van der Waals surface area contributed by atoms with Gasteiger partial charge in [0.05, 0.1) is 18.4 Å². The molecule has 0 bridgehead atoms. The fraction of sp³-hybridized carbons (Fsp3) is 0.211. The van der Waals surface area contributed by atoms with Crippen LogP contribution in [-0.2, 0) is 11.3 Å². The SMILES string of the molecule is COc1ccccc1-c1nnc(SCC(=O)NCc2ccc(C)cc2)o1. The van der Waals surface area contributed by atoms with Crippen molar-refractivity contribution >= 4 is 17.7 Å². The minimum Gasteiger partial charge on any atom is -0.496 e. The Labute approximate surface area is 156 Å². The molecule has 0 aliphatic carbocycles. The number of hydrogen-bond acceptors (Lipinski definition) is 6. The molecule has 1 aromatic heterocycles. The molecule has 3 aromatic rings. The van der Waals surface area contributed by atoms with Gasteiger partial charge in [-0.25, -0.2) is 0 Å². The molecule has 134 valence electrons. The molecule has 0 saturated heterocycles. The Balaban J connectivity index is 1.53. The summed E-state index contributed by atoms with van der Waals surface area (Å²) in [7, 11) is 1.59. The third-order valence-electron chi connectivity index (χ3n) is 3.68. The first-order valence-electron chi connectivity index (χ1n) is 8.07. The topological polar surface area (TPSA) is 77.2 Å². The maximum atomic E-state index is 12.0. The Bertz CT molecular complexity index is 878. The van der Waals surface area contributed by atoms with Gasteiger partial charge in [-0.15, -0.1) is 10.2 Å². The third kappa shape index (κ3) is 4.64. The number of aromatic nitrogens is 2. The summed E-state index contributed by atoms with van der Waals surface area (Å²) in [4.78, 5) is 12.0. The number of carbonyl (C=O) groups excluding carboxylic acids is 1. The molecule has 0 radical (unpaired) electrons. The smallest absolute Gasteiger partial charge is 0.277 e. The highest BCUT2D eigenvalue weighted by atomic mass is 32.2. The summed E-state index contributed by atoms with van der Waals surface area (Å²) in [5, 5.41) is 11.2. The lowest BCUT2D eigenvalue weighted by Crippen LogP contribution is -2.24. The van der Waals surface area contributed by atoms with Crippen molar-refractivity contribution in [3.05, 3.63) is 59.7 Å². The average molecular weight is 369 g/mol. The molecule has 0 aliphatic rings. The van der Waals surface area contributed by atoms with E-state index in [0.717, 1.165) is 11.1 Å². The number of nitrogens with one attached hydrogen (secondary N) is 1. The maximum absolute atomic E-state index is 12.0. The van der Waals surface area contributed by atoms with E-state index in [1.54, 1.807) is 7.11 Å². The van der Waals surface area contributed by atoms with Crippen LogP contribution in [0.25, 0.3) is 11.5 Å². The van der Waals surface area contributed by atoms with Crippen LogP contribution >= 0.6 is 11.8 Å². The number of hydrogen-bond donors (Lipinski definition) is 1. The second-order valence-electron chi connectivity index (χ2n) is 5.62. The minimum atomic E-state index is -0.0902. The zero-order chi connectivity index (χ0) is 18.4. The highest BCUT2D eigenvalue weighted by Crippen LogP contribution is 2.30. The average Bonchev–Trinajstić information content (AvgIpc) is 3.14. The van der Waals surface area contributed by atoms with Crippen molar-refractivity contribution in [2.45, 2.75) is 18.7 Å². The van der Waals surface area contributed by atoms with Crippen molar-refractivity contribution < 1.29 is 13.9 Å². The standard InChI is InChI=1S/C19H19N3O3S/c1-13-7-9-14(10-8-13)11-20-17(23)12-26-19-22-21-18(25-19)15-5-3-4-6-16(15)24-2/h3-10H,11-12H2,1-2H3,(H,20,23). The largest absolute Gasteiger partial charge is 0.496 e. The zero-order valence-electron chi connectivity index (χ0n) is 14.6. The van der Waals surface area contributed by atoms with E-state index in [4.69, 9.17) is 9.15 Å². The molecule has 1 heterocycles. The van der Waals surface area contributed by atoms with E-state index < -0.39 is 0 Å². The quantitative estimate of drug-likeness (QED) is 0.643. The number of amides is 1. The summed E-state index contributed by atoms with van der Waals surface area (Å²) >= 11 is 1.20. The molecule has 0 unspecified atom stereocenters. The van der Waals surface area contributed by atoms with Crippen LogP contribution in [0.3, 0.4) is 0 Å². The Hall–Kier alpha value is -2.80. The molecule has 1 N–H and O–H groups in total. The number of thioether (sulfide) groups is 1. The summed E-state index contributed by atoms with van der Waals surface area (Å²) < 4.78 is 10.9. The van der Waals surface area contributed by atoms with Gasteiger partial charge in [-0.05, 0) is 24.6 Å². The first-order chi connectivity index (χ1) is 12.7. The molecule has 0 aliphatic heterocycles. The fourth-order valence-electron chi connectivity index (χ4n) is 2.28. The van der Waals surface area contributed by atoms with Gasteiger partial charge >= 0.3 is 0 Å². The van der Waals surface area contributed by atoms with Crippen molar-refractivity contribution in [2.75, 3.05) is 12.9 Å². The first-order valence-corrected chi connectivity index (χ1v) is 9.06. The number of carbonyl (C=O) groups is 1. The van der Waals surface area contributed by atoms with Crippen LogP contribution in [0.15, 0.2) is 58.2 Å². The third-order valence-corrected chi connectivity index (χ3v) is 4.50. The Morgan fingerprint density at radius 3 is 2.69 bits per heavy atom. The molecule has 0 saturated carbocycles. The summed E-state index contributed by atoms with van der Waals surface area (Å²) in [5.74, 6) is 1.14. The maximum Gasteiger partial charge on any atom is 0.277 e. The van der Waals surface area contributed by atoms with Gasteiger partial charge in [-0.2, -0.15) is 0 Å². The lowest BCUT2D eigenvalue weighted by Gasteiger charge is -2.04. The van der Waals surface area contributed by atoms with E-state index in [1.165, 1.54) is 17.3 Å². The molecule has 0 spiro atoms. The molecule has 0 atom stereocenters. The number of para-hydroxylation sites is 1. The normalized spacial score (nSPS) is 10.5. The zero-order valence-corrected chi connectivity index (χ0v) is 15.4. The van der Waals surface area contributed by atoms with E-state index in [1.807, 2.05) is 55.5 Å². The molecule has 7 heteroatoms. The Morgan fingerprint density at radius 2 is 1.92 bits per heavy atom. The summed E-state index contributed by atoms with van der Waals surface area (Å²) in [6.45, 7) is 2.53. The van der Waals surface area contributed by atoms with Gasteiger partial charge in [-0.3, -0.25) is 4.79 Å². The van der Waals surface area contributed by atoms with Crippen molar-refractivity contribution in [3.63, 3.8) is 0 Å². The Morgan fingerprint density at radius 1 is 1.15 bits per heavy atom. The second kappa shape index (κ2) is 8.53. The van der Waals surface area contributed by atoms with Crippen molar-refractivity contribution in [2.24, 2.45) is 0 Å². The molecular formula is C19H19N3O3S. The predicted molar refractivity (Wildman–Crippen MR) is 100 cm³/mol. The van der Waals surface area contributed by atoms with Crippen molar-refractivity contribution in [1.29, 1.82) is 0 Å². The second-order valence-corrected chi connectivity index (χ2v) is 6.55. The number of ether oxygens (including phenoxy) is 1. The number of rotatable bonds is 7. The van der Waals surface area contributed by atoms with E-state index >= 15 is 0 Å². The molecule has 2 aromatic carbocycles. The molecule has 3 rings (SSSR count). The fourth-order valence-corrected chi connectivity index (χ4v) is 2.88. The summed E-state index contributed by atoms with van der Waals surface area (Å²) in [5.41, 5.74) is 2.97. The first kappa shape index (κ1) is 18.0. The Kier molecular flexibility index (Phi) is 5.91. The van der Waals surface area contributed by atoms with E-state index in [0.29, 0.717) is 23.4 Å². The minimum absolute atomic E-state index is 0.0902. The number of nitrogens with zero attached hydrogens (tertiary/aromatic N) is 2. The van der Waals surface area contributed by atoms with E-state index in [-0.39, 0.29) is 11.7 Å². The van der Waals surface area contributed by atoms with Gasteiger partial charge in [-0.1, -0.05) is 53.7 Å². The van der Waals surface area contributed by atoms with Crippen LogP contribution in [0.5, 0.6) is 5.75 Å². The van der Waals surface area contributed by atoms with Gasteiger partial charge in [0.15, 0.2) is 0 Å². The number of methoxy groups -OCH3 is 1. The molecular weight excluding hydrogens is 350 g/mol. The monoisotopic (exact) mass is 369 g/mol. The van der Waals surface area contributed by atoms with Gasteiger partial charge in [0.25, 0.3) is 11.1 Å². The van der Waals surface area contributed by atoms with Crippen LogP contribution < -0.4 is 10.1 Å². The van der Waals surface area contributed by atoms with Gasteiger partial charge in [0.2, 0.25) is 5.91 Å². The van der Waals surface area contributed by atoms with Crippen LogP contribution in [-0.4, -0.2) is 29.0 Å². The molecule has 1 amide bonds. The summed E-state index contributed by atoms with van der Waals surface area (Å²) in [6.07, 6.45) is 0. The van der Waals surface area contributed by atoms with Gasteiger partial charge < -0.3 is 14.5 Å². The van der Waals surface area contributed by atoms with Crippen molar-refractivity contribution in [1.82, 2.24) is 15.5 Å². The molecule has 0 fully saturated rings.